The Morgan fingerprint density at radius 3 is 2.79 bits per heavy atom. The van der Waals surface area contributed by atoms with Crippen molar-refractivity contribution < 1.29 is 14.5 Å². The molecule has 2 rings (SSSR count). The molecule has 2 aromatic rings. The average Bonchev–Trinajstić information content (AvgIpc) is 2.55. The van der Waals surface area contributed by atoms with E-state index in [9.17, 15) is 14.9 Å². The van der Waals surface area contributed by atoms with Gasteiger partial charge in [-0.05, 0) is 31.2 Å². The molecule has 1 amide bonds. The summed E-state index contributed by atoms with van der Waals surface area (Å²) >= 11 is 5.84. The Bertz CT molecular complexity index is 779. The summed E-state index contributed by atoms with van der Waals surface area (Å²) in [6.07, 6.45) is 0.397. The third kappa shape index (κ3) is 4.79. The zero-order chi connectivity index (χ0) is 17.5. The first-order valence-electron chi connectivity index (χ1n) is 6.96. The third-order valence-electron chi connectivity index (χ3n) is 2.99. The Labute approximate surface area is 143 Å². The number of nitro benzene ring substituents is 1. The first-order chi connectivity index (χ1) is 11.5. The maximum atomic E-state index is 11.9. The van der Waals surface area contributed by atoms with E-state index in [1.165, 1.54) is 18.3 Å². The lowest BCUT2D eigenvalue weighted by atomic mass is 10.2. The molecule has 0 saturated carbocycles. The zero-order valence-electron chi connectivity index (χ0n) is 12.7. The molecule has 124 valence electrons. The fourth-order valence-electron chi connectivity index (χ4n) is 1.82. The number of ether oxygens (including phenoxy) is 1. The molecule has 24 heavy (non-hydrogen) atoms. The van der Waals surface area contributed by atoms with Crippen LogP contribution in [0.1, 0.15) is 12.5 Å². The minimum absolute atomic E-state index is 0.0984. The van der Waals surface area contributed by atoms with Crippen molar-refractivity contribution >= 4 is 29.4 Å². The summed E-state index contributed by atoms with van der Waals surface area (Å²) in [7, 11) is 0. The van der Waals surface area contributed by atoms with Crippen LogP contribution in [-0.2, 0) is 4.79 Å². The molecule has 0 spiro atoms. The zero-order valence-corrected chi connectivity index (χ0v) is 13.4. The molecule has 1 atom stereocenters. The third-order valence-corrected chi connectivity index (χ3v) is 3.23. The van der Waals surface area contributed by atoms with Gasteiger partial charge in [0.2, 0.25) is 0 Å². The van der Waals surface area contributed by atoms with E-state index in [2.05, 4.69) is 10.5 Å². The number of rotatable bonds is 6. The van der Waals surface area contributed by atoms with E-state index in [1.54, 1.807) is 43.3 Å². The van der Waals surface area contributed by atoms with Gasteiger partial charge in [0.1, 0.15) is 5.75 Å². The number of carbonyl (C=O) groups is 1. The number of nitro groups is 1. The highest BCUT2D eigenvalue weighted by Gasteiger charge is 2.14. The lowest BCUT2D eigenvalue weighted by Crippen LogP contribution is -2.33. The van der Waals surface area contributed by atoms with E-state index in [0.29, 0.717) is 10.8 Å². The van der Waals surface area contributed by atoms with Gasteiger partial charge in [0.25, 0.3) is 11.6 Å². The molecule has 0 saturated heterocycles. The molecule has 0 aliphatic carbocycles. The van der Waals surface area contributed by atoms with Crippen molar-refractivity contribution in [2.75, 3.05) is 0 Å². The summed E-state index contributed by atoms with van der Waals surface area (Å²) in [4.78, 5) is 22.3. The van der Waals surface area contributed by atoms with Crippen molar-refractivity contribution in [2.45, 2.75) is 13.0 Å². The van der Waals surface area contributed by atoms with Crippen LogP contribution in [0.15, 0.2) is 53.6 Å². The number of hydrogen-bond acceptors (Lipinski definition) is 5. The van der Waals surface area contributed by atoms with Crippen LogP contribution in [0.5, 0.6) is 5.75 Å². The molecular weight excluding hydrogens is 334 g/mol. The van der Waals surface area contributed by atoms with Crippen molar-refractivity contribution in [2.24, 2.45) is 5.10 Å². The predicted octanol–water partition coefficient (Wildman–Crippen LogP) is 3.17. The molecule has 0 fully saturated rings. The number of amides is 1. The normalized spacial score (nSPS) is 11.9. The standard InChI is InChI=1S/C16H14ClN3O4/c1-11(24-14-7-4-6-13(17)9-14)16(21)19-18-10-12-5-2-3-8-15(12)20(22)23/h2-11H,1H3,(H,19,21). The van der Waals surface area contributed by atoms with E-state index in [0.717, 1.165) is 0 Å². The van der Waals surface area contributed by atoms with Gasteiger partial charge in [-0.2, -0.15) is 5.10 Å². The molecule has 0 aliphatic rings. The van der Waals surface area contributed by atoms with E-state index >= 15 is 0 Å². The van der Waals surface area contributed by atoms with Crippen LogP contribution in [0.25, 0.3) is 0 Å². The lowest BCUT2D eigenvalue weighted by molar-refractivity contribution is -0.385. The molecular formula is C16H14ClN3O4. The number of hydrogen-bond donors (Lipinski definition) is 1. The van der Waals surface area contributed by atoms with E-state index in [1.807, 2.05) is 0 Å². The molecule has 0 radical (unpaired) electrons. The SMILES string of the molecule is CC(Oc1cccc(Cl)c1)C(=O)NN=Cc1ccccc1[N+](=O)[O-]. The van der Waals surface area contributed by atoms with Crippen molar-refractivity contribution in [3.8, 4) is 5.75 Å². The smallest absolute Gasteiger partial charge is 0.280 e. The van der Waals surface area contributed by atoms with Gasteiger partial charge < -0.3 is 4.74 Å². The van der Waals surface area contributed by atoms with Crippen LogP contribution >= 0.6 is 11.6 Å². The Morgan fingerprint density at radius 2 is 2.08 bits per heavy atom. The second kappa shape index (κ2) is 8.07. The number of para-hydroxylation sites is 1. The molecule has 0 aromatic heterocycles. The van der Waals surface area contributed by atoms with Crippen molar-refractivity contribution in [1.29, 1.82) is 0 Å². The molecule has 8 heteroatoms. The maximum absolute atomic E-state index is 11.9. The molecule has 7 nitrogen and oxygen atoms in total. The van der Waals surface area contributed by atoms with Crippen molar-refractivity contribution in [3.63, 3.8) is 0 Å². The van der Waals surface area contributed by atoms with Gasteiger partial charge in [-0.15, -0.1) is 0 Å². The van der Waals surface area contributed by atoms with Crippen LogP contribution in [0.2, 0.25) is 5.02 Å². The fraction of sp³-hybridized carbons (Fsp3) is 0.125. The van der Waals surface area contributed by atoms with Gasteiger partial charge in [0.05, 0.1) is 16.7 Å². The van der Waals surface area contributed by atoms with E-state index in [4.69, 9.17) is 16.3 Å². The predicted molar refractivity (Wildman–Crippen MR) is 90.4 cm³/mol. The highest BCUT2D eigenvalue weighted by atomic mass is 35.5. The van der Waals surface area contributed by atoms with Gasteiger partial charge in [-0.1, -0.05) is 29.8 Å². The van der Waals surface area contributed by atoms with Gasteiger partial charge in [-0.3, -0.25) is 14.9 Å². The summed E-state index contributed by atoms with van der Waals surface area (Å²) < 4.78 is 5.44. The molecule has 1 N–H and O–H groups in total. The number of halogens is 1. The summed E-state index contributed by atoms with van der Waals surface area (Å²) in [6, 6.07) is 12.7. The highest BCUT2D eigenvalue weighted by molar-refractivity contribution is 6.30. The van der Waals surface area contributed by atoms with Gasteiger partial charge in [0, 0.05) is 11.1 Å². The van der Waals surface area contributed by atoms with Crippen LogP contribution in [0, 0.1) is 10.1 Å². The second-order valence-corrected chi connectivity index (χ2v) is 5.20. The molecule has 0 heterocycles. The second-order valence-electron chi connectivity index (χ2n) is 4.77. The highest BCUT2D eigenvalue weighted by Crippen LogP contribution is 2.18. The summed E-state index contributed by atoms with van der Waals surface area (Å²) in [5.74, 6) is -0.0439. The lowest BCUT2D eigenvalue weighted by Gasteiger charge is -2.12. The van der Waals surface area contributed by atoms with Crippen molar-refractivity contribution in [1.82, 2.24) is 5.43 Å². The monoisotopic (exact) mass is 347 g/mol. The quantitative estimate of drug-likeness (QED) is 0.493. The van der Waals surface area contributed by atoms with Crippen LogP contribution in [0.4, 0.5) is 5.69 Å². The Balaban J connectivity index is 1.96. The van der Waals surface area contributed by atoms with Crippen molar-refractivity contribution in [3.05, 3.63) is 69.2 Å². The molecule has 1 unspecified atom stereocenters. The van der Waals surface area contributed by atoms with Gasteiger partial charge in [-0.25, -0.2) is 5.43 Å². The fourth-order valence-corrected chi connectivity index (χ4v) is 2.00. The van der Waals surface area contributed by atoms with Gasteiger partial charge in [0.15, 0.2) is 6.10 Å². The molecule has 0 aliphatic heterocycles. The first-order valence-corrected chi connectivity index (χ1v) is 7.33. The average molecular weight is 348 g/mol. The Kier molecular flexibility index (Phi) is 5.86. The first kappa shape index (κ1) is 17.4. The Morgan fingerprint density at radius 1 is 1.33 bits per heavy atom. The molecule has 2 aromatic carbocycles. The summed E-state index contributed by atoms with van der Waals surface area (Å²) in [6.45, 7) is 1.55. The van der Waals surface area contributed by atoms with Crippen LogP contribution < -0.4 is 10.2 Å². The topological polar surface area (TPSA) is 93.8 Å². The number of nitrogens with one attached hydrogen (secondary N) is 1. The summed E-state index contributed by atoms with van der Waals surface area (Å²) in [5.41, 5.74) is 2.47. The Hall–Kier alpha value is -2.93. The van der Waals surface area contributed by atoms with Crippen LogP contribution in [-0.4, -0.2) is 23.1 Å². The number of hydrazone groups is 1. The summed E-state index contributed by atoms with van der Waals surface area (Å²) in [5, 5.41) is 15.1. The molecule has 0 bridgehead atoms. The minimum atomic E-state index is -0.814. The van der Waals surface area contributed by atoms with Crippen LogP contribution in [0.3, 0.4) is 0 Å². The number of carbonyl (C=O) groups excluding carboxylic acids is 1. The van der Waals surface area contributed by atoms with Gasteiger partial charge >= 0.3 is 0 Å². The maximum Gasteiger partial charge on any atom is 0.280 e. The number of nitrogens with zero attached hydrogens (tertiary/aromatic N) is 2. The number of benzene rings is 2. The van der Waals surface area contributed by atoms with E-state index < -0.39 is 16.9 Å². The minimum Gasteiger partial charge on any atom is -0.481 e. The van der Waals surface area contributed by atoms with E-state index in [-0.39, 0.29) is 11.3 Å². The largest absolute Gasteiger partial charge is 0.481 e.